The number of hydrogen-bond acceptors (Lipinski definition) is 3. The predicted octanol–water partition coefficient (Wildman–Crippen LogP) is 4.19. The van der Waals surface area contributed by atoms with Gasteiger partial charge in [0.25, 0.3) is 0 Å². The first-order valence-electron chi connectivity index (χ1n) is 5.45. The van der Waals surface area contributed by atoms with E-state index in [1.54, 1.807) is 5.32 Å². The van der Waals surface area contributed by atoms with Crippen LogP contribution in [0.15, 0.2) is 22.7 Å². The largest absolute Gasteiger partial charge is 0.573 e. The zero-order valence-corrected chi connectivity index (χ0v) is 12.8. The molecule has 4 nitrogen and oxygen atoms in total. The zero-order valence-electron chi connectivity index (χ0n) is 10.4. The van der Waals surface area contributed by atoms with Gasteiger partial charge in [0.05, 0.1) is 0 Å². The van der Waals surface area contributed by atoms with Crippen molar-refractivity contribution in [2.24, 2.45) is 0 Å². The highest BCUT2D eigenvalue weighted by Crippen LogP contribution is 2.41. The number of benzene rings is 1. The Morgan fingerprint density at radius 2 is 2.00 bits per heavy atom. The summed E-state index contributed by atoms with van der Waals surface area (Å²) in [7, 11) is 0. The molecule has 1 atom stereocenters. The first-order valence-corrected chi connectivity index (χ1v) is 6.24. The van der Waals surface area contributed by atoms with Crippen LogP contribution in [-0.4, -0.2) is 25.0 Å². The van der Waals surface area contributed by atoms with Gasteiger partial charge in [-0.05, 0) is 18.2 Å². The second kappa shape index (κ2) is 6.45. The average molecular weight is 413 g/mol. The molecule has 1 N–H and O–H groups in total. The minimum atomic E-state index is -5.05. The third kappa shape index (κ3) is 4.35. The molecule has 0 aliphatic carbocycles. The molecule has 1 aromatic rings. The maximum atomic E-state index is 13.8. The van der Waals surface area contributed by atoms with Crippen molar-refractivity contribution in [3.8, 4) is 5.75 Å². The van der Waals surface area contributed by atoms with Crippen molar-refractivity contribution >= 4 is 34.4 Å². The molecule has 1 aromatic carbocycles. The van der Waals surface area contributed by atoms with Gasteiger partial charge in [-0.15, -0.1) is 25.6 Å². The number of carbonyl (C=O) groups excluding carboxylic acids is 1. The van der Waals surface area contributed by atoms with Crippen molar-refractivity contribution in [1.29, 1.82) is 0 Å². The molecule has 2 rings (SSSR count). The molecule has 0 bridgehead atoms. The lowest BCUT2D eigenvalue weighted by Crippen LogP contribution is -2.49. The Morgan fingerprint density at radius 3 is 2.59 bits per heavy atom. The van der Waals surface area contributed by atoms with Gasteiger partial charge in [-0.25, -0.2) is 13.6 Å². The molecule has 0 unspecified atom stereocenters. The van der Waals surface area contributed by atoms with Gasteiger partial charge in [0, 0.05) is 10.0 Å². The van der Waals surface area contributed by atoms with E-state index in [1.165, 1.54) is 6.07 Å². The Labute approximate surface area is 135 Å². The van der Waals surface area contributed by atoms with Crippen molar-refractivity contribution in [1.82, 2.24) is 5.32 Å². The van der Waals surface area contributed by atoms with Crippen LogP contribution in [-0.2, 0) is 4.74 Å². The third-order valence-electron chi connectivity index (χ3n) is 2.59. The maximum absolute atomic E-state index is 13.8. The fourth-order valence-electron chi connectivity index (χ4n) is 1.78. The number of carbonyl (C=O) groups is 1. The van der Waals surface area contributed by atoms with Gasteiger partial charge in [-0.2, -0.15) is 0 Å². The van der Waals surface area contributed by atoms with Gasteiger partial charge in [0.2, 0.25) is 0 Å². The molecule has 0 radical (unpaired) electrons. The Kier molecular flexibility index (Phi) is 5.50. The topological polar surface area (TPSA) is 47.6 Å². The number of amides is 1. The van der Waals surface area contributed by atoms with Crippen LogP contribution in [0, 0.1) is 0 Å². The van der Waals surface area contributed by atoms with E-state index in [-0.39, 0.29) is 16.9 Å². The Hall–Kier alpha value is -1.29. The van der Waals surface area contributed by atoms with Crippen molar-refractivity contribution < 1.29 is 36.2 Å². The van der Waals surface area contributed by atoms with Crippen LogP contribution in [0.4, 0.5) is 26.7 Å². The van der Waals surface area contributed by atoms with Crippen LogP contribution in [0.2, 0.25) is 0 Å². The fourth-order valence-corrected chi connectivity index (χ4v) is 2.16. The van der Waals surface area contributed by atoms with Crippen molar-refractivity contribution in [2.45, 2.75) is 18.3 Å². The minimum Gasteiger partial charge on any atom is -0.443 e. The van der Waals surface area contributed by atoms with E-state index in [0.29, 0.717) is 0 Å². The zero-order chi connectivity index (χ0) is 15.8. The van der Waals surface area contributed by atoms with Crippen LogP contribution >= 0.6 is 28.3 Å². The van der Waals surface area contributed by atoms with E-state index in [4.69, 9.17) is 0 Å². The number of hydrogen-bond donors (Lipinski definition) is 1. The molecule has 0 aromatic heterocycles. The quantitative estimate of drug-likeness (QED) is 0.741. The Bertz CT molecular complexity index is 569. The monoisotopic (exact) mass is 411 g/mol. The second-order valence-electron chi connectivity index (χ2n) is 4.14. The molecule has 0 saturated carbocycles. The summed E-state index contributed by atoms with van der Waals surface area (Å²) in [6.07, 6.45) is -6.20. The first kappa shape index (κ1) is 18.8. The number of alkyl carbamates (subject to hydrolysis) is 1. The van der Waals surface area contributed by atoms with Crippen LogP contribution < -0.4 is 10.1 Å². The molecule has 1 saturated heterocycles. The number of nitrogens with one attached hydrogen (secondary N) is 1. The lowest BCUT2D eigenvalue weighted by atomic mass is 9.99. The number of ether oxygens (including phenoxy) is 2. The SMILES string of the molecule is Cl.O=C1N[C@@H](c2cc(Br)ccc2OC(F)(F)F)C(F)(F)CO1. The van der Waals surface area contributed by atoms with Crippen LogP contribution in [0.1, 0.15) is 11.6 Å². The highest BCUT2D eigenvalue weighted by molar-refractivity contribution is 9.10. The summed E-state index contributed by atoms with van der Waals surface area (Å²) in [5.41, 5.74) is -0.511. The highest BCUT2D eigenvalue weighted by atomic mass is 79.9. The van der Waals surface area contributed by atoms with E-state index in [1.807, 2.05) is 0 Å². The maximum Gasteiger partial charge on any atom is 0.573 e. The molecular weight excluding hydrogens is 404 g/mol. The van der Waals surface area contributed by atoms with E-state index in [9.17, 15) is 26.7 Å². The Balaban J connectivity index is 0.00000242. The van der Waals surface area contributed by atoms with Crippen molar-refractivity contribution in [3.05, 3.63) is 28.2 Å². The predicted molar refractivity (Wildman–Crippen MR) is 70.2 cm³/mol. The molecule has 22 heavy (non-hydrogen) atoms. The minimum absolute atomic E-state index is 0. The van der Waals surface area contributed by atoms with Crippen molar-refractivity contribution in [3.63, 3.8) is 0 Å². The molecule has 1 amide bonds. The fraction of sp³-hybridized carbons (Fsp3) is 0.364. The molecule has 1 fully saturated rings. The Morgan fingerprint density at radius 1 is 1.36 bits per heavy atom. The summed E-state index contributed by atoms with van der Waals surface area (Å²) in [6.45, 7) is -1.23. The lowest BCUT2D eigenvalue weighted by Gasteiger charge is -2.32. The number of halogens is 7. The van der Waals surface area contributed by atoms with Gasteiger partial charge in [-0.3, -0.25) is 0 Å². The molecular formula is C11H8BrClF5NO3. The van der Waals surface area contributed by atoms with Crippen LogP contribution in [0.5, 0.6) is 5.75 Å². The molecule has 11 heteroatoms. The van der Waals surface area contributed by atoms with Crippen molar-refractivity contribution in [2.75, 3.05) is 6.61 Å². The van der Waals surface area contributed by atoms with Gasteiger partial charge >= 0.3 is 18.4 Å². The molecule has 0 spiro atoms. The smallest absolute Gasteiger partial charge is 0.443 e. The number of rotatable bonds is 2. The van der Waals surface area contributed by atoms with Gasteiger partial charge in [0.15, 0.2) is 6.61 Å². The standard InChI is InChI=1S/C11H7BrF5NO3.ClH/c12-5-1-2-7(21-11(15,16)17)6(3-5)8-10(13,14)4-20-9(19)18-8;/h1-3,8H,4H2,(H,18,19);1H/t8-;/m0./s1. The summed E-state index contributed by atoms with van der Waals surface area (Å²) in [5.74, 6) is -4.41. The van der Waals surface area contributed by atoms with Gasteiger partial charge < -0.3 is 14.8 Å². The molecule has 1 aliphatic heterocycles. The molecule has 124 valence electrons. The summed E-state index contributed by atoms with van der Waals surface area (Å²) in [5, 5.41) is 1.80. The number of alkyl halides is 5. The average Bonchev–Trinajstić information content (AvgIpc) is 2.33. The summed E-state index contributed by atoms with van der Waals surface area (Å²) < 4.78 is 72.7. The van der Waals surface area contributed by atoms with Gasteiger partial charge in [0.1, 0.15) is 11.8 Å². The highest BCUT2D eigenvalue weighted by Gasteiger charge is 2.48. The second-order valence-corrected chi connectivity index (χ2v) is 5.06. The van der Waals surface area contributed by atoms with E-state index in [0.717, 1.165) is 12.1 Å². The molecule has 1 heterocycles. The van der Waals surface area contributed by atoms with Crippen LogP contribution in [0.25, 0.3) is 0 Å². The summed E-state index contributed by atoms with van der Waals surface area (Å²) in [6, 6.07) is 1.10. The van der Waals surface area contributed by atoms with Crippen LogP contribution in [0.3, 0.4) is 0 Å². The normalized spacial score (nSPS) is 20.5. The van der Waals surface area contributed by atoms with E-state index in [2.05, 4.69) is 25.4 Å². The third-order valence-corrected chi connectivity index (χ3v) is 3.08. The van der Waals surface area contributed by atoms with E-state index >= 15 is 0 Å². The van der Waals surface area contributed by atoms with Gasteiger partial charge in [-0.1, -0.05) is 15.9 Å². The van der Waals surface area contributed by atoms with E-state index < -0.39 is 42.3 Å². The summed E-state index contributed by atoms with van der Waals surface area (Å²) in [4.78, 5) is 11.1. The first-order chi connectivity index (χ1) is 9.58. The summed E-state index contributed by atoms with van der Waals surface area (Å²) >= 11 is 2.97. The lowest BCUT2D eigenvalue weighted by molar-refractivity contribution is -0.275. The number of cyclic esters (lactones) is 1. The molecule has 1 aliphatic rings.